The van der Waals surface area contributed by atoms with Gasteiger partial charge >= 0.3 is 0 Å². The van der Waals surface area contributed by atoms with Gasteiger partial charge in [0.05, 0.1) is 19.3 Å². The lowest BCUT2D eigenvalue weighted by Crippen LogP contribution is -2.35. The Morgan fingerprint density at radius 3 is 2.40 bits per heavy atom. The number of ether oxygens (including phenoxy) is 2. The molecule has 1 rings (SSSR count). The Bertz CT molecular complexity index is 142. The van der Waals surface area contributed by atoms with Gasteiger partial charge in [0, 0.05) is 12.6 Å². The third kappa shape index (κ3) is 5.50. The maximum atomic E-state index is 5.76. The summed E-state index contributed by atoms with van der Waals surface area (Å²) in [6, 6.07) is 0.724. The lowest BCUT2D eigenvalue weighted by Gasteiger charge is -2.28. The highest BCUT2D eigenvalue weighted by Crippen LogP contribution is 2.20. The molecular weight excluding hydrogens is 190 g/mol. The van der Waals surface area contributed by atoms with Gasteiger partial charge in [-0.3, -0.25) is 0 Å². The molecule has 15 heavy (non-hydrogen) atoms. The summed E-state index contributed by atoms with van der Waals surface area (Å²) in [7, 11) is 0. The zero-order valence-corrected chi connectivity index (χ0v) is 10.1. The van der Waals surface area contributed by atoms with Crippen LogP contribution in [0.4, 0.5) is 0 Å². The molecule has 0 amide bonds. The average molecular weight is 215 g/mol. The third-order valence-electron chi connectivity index (χ3n) is 2.95. The Labute approximate surface area is 93.5 Å². The van der Waals surface area contributed by atoms with Crippen molar-refractivity contribution in [1.82, 2.24) is 5.32 Å². The van der Waals surface area contributed by atoms with Crippen molar-refractivity contribution in [2.45, 2.75) is 51.7 Å². The van der Waals surface area contributed by atoms with Crippen molar-refractivity contribution in [3.05, 3.63) is 0 Å². The van der Waals surface area contributed by atoms with E-state index in [0.29, 0.717) is 6.10 Å². The van der Waals surface area contributed by atoms with Crippen LogP contribution in [0.3, 0.4) is 0 Å². The van der Waals surface area contributed by atoms with E-state index < -0.39 is 0 Å². The summed E-state index contributed by atoms with van der Waals surface area (Å²) >= 11 is 0. The Balaban J connectivity index is 1.99. The molecule has 1 N–H and O–H groups in total. The normalized spacial score (nSPS) is 26.8. The molecule has 0 unspecified atom stereocenters. The first kappa shape index (κ1) is 12.9. The molecule has 0 aromatic carbocycles. The monoisotopic (exact) mass is 215 g/mol. The zero-order valence-electron chi connectivity index (χ0n) is 10.1. The summed E-state index contributed by atoms with van der Waals surface area (Å²) in [5.74, 6) is 0. The molecular formula is C12H25NO2. The lowest BCUT2D eigenvalue weighted by atomic mass is 9.93. The molecule has 0 saturated heterocycles. The van der Waals surface area contributed by atoms with E-state index in [1.54, 1.807) is 0 Å². The average Bonchev–Trinajstić information content (AvgIpc) is 2.27. The van der Waals surface area contributed by atoms with Crippen molar-refractivity contribution in [1.29, 1.82) is 0 Å². The second kappa shape index (κ2) is 8.08. The maximum absolute atomic E-state index is 5.76. The van der Waals surface area contributed by atoms with E-state index in [-0.39, 0.29) is 0 Å². The van der Waals surface area contributed by atoms with Gasteiger partial charge in [-0.25, -0.2) is 0 Å². The van der Waals surface area contributed by atoms with Crippen molar-refractivity contribution in [2.24, 2.45) is 0 Å². The first-order chi connectivity index (χ1) is 7.36. The second-order valence-corrected chi connectivity index (χ2v) is 4.10. The first-order valence-corrected chi connectivity index (χ1v) is 6.29. The fourth-order valence-electron chi connectivity index (χ4n) is 2.14. The van der Waals surface area contributed by atoms with E-state index in [1.165, 1.54) is 25.7 Å². The van der Waals surface area contributed by atoms with Crippen molar-refractivity contribution in [3.8, 4) is 0 Å². The largest absolute Gasteiger partial charge is 0.379 e. The number of rotatable bonds is 7. The van der Waals surface area contributed by atoms with Crippen molar-refractivity contribution >= 4 is 0 Å². The predicted molar refractivity (Wildman–Crippen MR) is 62.2 cm³/mol. The molecule has 90 valence electrons. The SMILES string of the molecule is CCNC1CCC(OCCOCC)CC1. The molecule has 3 nitrogen and oxygen atoms in total. The summed E-state index contributed by atoms with van der Waals surface area (Å²) in [4.78, 5) is 0. The van der Waals surface area contributed by atoms with Gasteiger partial charge < -0.3 is 14.8 Å². The van der Waals surface area contributed by atoms with Crippen LogP contribution in [-0.4, -0.2) is 38.5 Å². The summed E-state index contributed by atoms with van der Waals surface area (Å²) in [5, 5.41) is 3.50. The minimum Gasteiger partial charge on any atom is -0.379 e. The fourth-order valence-corrected chi connectivity index (χ4v) is 2.14. The molecule has 1 aliphatic carbocycles. The highest BCUT2D eigenvalue weighted by atomic mass is 16.5. The number of nitrogens with one attached hydrogen (secondary N) is 1. The molecule has 0 radical (unpaired) electrons. The van der Waals surface area contributed by atoms with E-state index in [1.807, 2.05) is 6.92 Å². The predicted octanol–water partition coefficient (Wildman–Crippen LogP) is 1.96. The van der Waals surface area contributed by atoms with E-state index >= 15 is 0 Å². The minimum absolute atomic E-state index is 0.473. The molecule has 0 heterocycles. The molecule has 0 aliphatic heterocycles. The van der Waals surface area contributed by atoms with Gasteiger partial charge in [0.25, 0.3) is 0 Å². The van der Waals surface area contributed by atoms with Crippen LogP contribution in [0.5, 0.6) is 0 Å². The molecule has 0 aromatic rings. The van der Waals surface area contributed by atoms with E-state index in [0.717, 1.165) is 32.4 Å². The van der Waals surface area contributed by atoms with Crippen LogP contribution in [-0.2, 0) is 9.47 Å². The molecule has 1 aliphatic rings. The second-order valence-electron chi connectivity index (χ2n) is 4.10. The van der Waals surface area contributed by atoms with Gasteiger partial charge in [0.1, 0.15) is 0 Å². The Morgan fingerprint density at radius 1 is 1.07 bits per heavy atom. The Hall–Kier alpha value is -0.120. The fraction of sp³-hybridized carbons (Fsp3) is 1.00. The van der Waals surface area contributed by atoms with Gasteiger partial charge in [-0.15, -0.1) is 0 Å². The van der Waals surface area contributed by atoms with Gasteiger partial charge in [-0.2, -0.15) is 0 Å². The lowest BCUT2D eigenvalue weighted by molar-refractivity contribution is -0.0114. The molecule has 0 bridgehead atoms. The van der Waals surface area contributed by atoms with Crippen molar-refractivity contribution in [2.75, 3.05) is 26.4 Å². The number of hydrogen-bond acceptors (Lipinski definition) is 3. The smallest absolute Gasteiger partial charge is 0.0704 e. The van der Waals surface area contributed by atoms with Crippen LogP contribution < -0.4 is 5.32 Å². The Kier molecular flexibility index (Phi) is 6.98. The van der Waals surface area contributed by atoms with Crippen LogP contribution in [0.15, 0.2) is 0 Å². The van der Waals surface area contributed by atoms with E-state index in [9.17, 15) is 0 Å². The highest BCUT2D eigenvalue weighted by molar-refractivity contribution is 4.76. The summed E-state index contributed by atoms with van der Waals surface area (Å²) < 4.78 is 11.0. The van der Waals surface area contributed by atoms with E-state index in [4.69, 9.17) is 9.47 Å². The molecule has 0 aromatic heterocycles. The molecule has 1 fully saturated rings. The van der Waals surface area contributed by atoms with Gasteiger partial charge in [-0.05, 0) is 39.2 Å². The summed E-state index contributed by atoms with van der Waals surface area (Å²) in [6.07, 6.45) is 5.38. The summed E-state index contributed by atoms with van der Waals surface area (Å²) in [5.41, 5.74) is 0. The van der Waals surface area contributed by atoms with Crippen LogP contribution in [0.2, 0.25) is 0 Å². The molecule has 3 heteroatoms. The first-order valence-electron chi connectivity index (χ1n) is 6.29. The highest BCUT2D eigenvalue weighted by Gasteiger charge is 2.20. The van der Waals surface area contributed by atoms with E-state index in [2.05, 4.69) is 12.2 Å². The van der Waals surface area contributed by atoms with Crippen LogP contribution >= 0.6 is 0 Å². The molecule has 0 atom stereocenters. The van der Waals surface area contributed by atoms with Gasteiger partial charge in [0.15, 0.2) is 0 Å². The molecule has 1 saturated carbocycles. The molecule has 0 spiro atoms. The van der Waals surface area contributed by atoms with Crippen molar-refractivity contribution < 1.29 is 9.47 Å². The number of hydrogen-bond donors (Lipinski definition) is 1. The van der Waals surface area contributed by atoms with Crippen LogP contribution in [0.25, 0.3) is 0 Å². The zero-order chi connectivity index (χ0) is 10.9. The Morgan fingerprint density at radius 2 is 1.80 bits per heavy atom. The maximum Gasteiger partial charge on any atom is 0.0704 e. The minimum atomic E-state index is 0.473. The van der Waals surface area contributed by atoms with Gasteiger partial charge in [0.2, 0.25) is 0 Å². The van der Waals surface area contributed by atoms with Gasteiger partial charge in [-0.1, -0.05) is 6.92 Å². The summed E-state index contributed by atoms with van der Waals surface area (Å²) in [6.45, 7) is 7.55. The van der Waals surface area contributed by atoms with Crippen molar-refractivity contribution in [3.63, 3.8) is 0 Å². The van der Waals surface area contributed by atoms with Crippen LogP contribution in [0.1, 0.15) is 39.5 Å². The quantitative estimate of drug-likeness (QED) is 0.659. The van der Waals surface area contributed by atoms with Crippen LogP contribution in [0, 0.1) is 0 Å². The standard InChI is InChI=1S/C12H25NO2/c1-3-13-11-5-7-12(8-6-11)15-10-9-14-4-2/h11-13H,3-10H2,1-2H3. The third-order valence-corrected chi connectivity index (χ3v) is 2.95. The topological polar surface area (TPSA) is 30.5 Å².